The maximum absolute atomic E-state index is 13.0. The maximum Gasteiger partial charge on any atom is 0.277 e. The average molecular weight is 487 g/mol. The molecule has 1 N–H and O–H groups in total. The monoisotopic (exact) mass is 486 g/mol. The van der Waals surface area contributed by atoms with E-state index in [9.17, 15) is 13.2 Å². The van der Waals surface area contributed by atoms with Gasteiger partial charge in [0.2, 0.25) is 21.8 Å². The van der Waals surface area contributed by atoms with Crippen molar-refractivity contribution in [3.05, 3.63) is 53.6 Å². The lowest BCUT2D eigenvalue weighted by Gasteiger charge is -2.25. The SMILES string of the molecule is Cc1ccc(NC(=O)CSc2nnc(-c3cccc(S(=O)(=O)N4CCCCC4)c3)o2)cc1C. The summed E-state index contributed by atoms with van der Waals surface area (Å²) in [7, 11) is -3.56. The van der Waals surface area contributed by atoms with Gasteiger partial charge < -0.3 is 9.73 Å². The summed E-state index contributed by atoms with van der Waals surface area (Å²) >= 11 is 1.12. The first kappa shape index (κ1) is 23.5. The highest BCUT2D eigenvalue weighted by Crippen LogP contribution is 2.27. The van der Waals surface area contributed by atoms with Crippen LogP contribution in [0, 0.1) is 13.8 Å². The topological polar surface area (TPSA) is 105 Å². The summed E-state index contributed by atoms with van der Waals surface area (Å²) in [6, 6.07) is 12.3. The van der Waals surface area contributed by atoms with Crippen molar-refractivity contribution >= 4 is 33.4 Å². The molecule has 1 amide bonds. The number of nitrogens with one attached hydrogen (secondary N) is 1. The Labute approximate surface area is 197 Å². The zero-order chi connectivity index (χ0) is 23.4. The highest BCUT2D eigenvalue weighted by molar-refractivity contribution is 7.99. The molecule has 10 heteroatoms. The van der Waals surface area contributed by atoms with E-state index in [1.54, 1.807) is 24.3 Å². The van der Waals surface area contributed by atoms with Crippen molar-refractivity contribution in [1.82, 2.24) is 14.5 Å². The molecule has 1 aromatic heterocycles. The van der Waals surface area contributed by atoms with E-state index in [1.165, 1.54) is 4.31 Å². The van der Waals surface area contributed by atoms with Gasteiger partial charge in [0.25, 0.3) is 5.22 Å². The highest BCUT2D eigenvalue weighted by atomic mass is 32.2. The van der Waals surface area contributed by atoms with E-state index in [0.717, 1.165) is 47.8 Å². The number of aryl methyl sites for hydroxylation is 2. The number of piperidine rings is 1. The van der Waals surface area contributed by atoms with Crippen LogP contribution in [0.1, 0.15) is 30.4 Å². The van der Waals surface area contributed by atoms with Crippen LogP contribution in [0.2, 0.25) is 0 Å². The maximum atomic E-state index is 13.0. The van der Waals surface area contributed by atoms with Crippen LogP contribution < -0.4 is 5.32 Å². The third kappa shape index (κ3) is 5.63. The molecule has 4 rings (SSSR count). The van der Waals surface area contributed by atoms with Crippen LogP contribution in [0.3, 0.4) is 0 Å². The molecule has 174 valence electrons. The Morgan fingerprint density at radius 3 is 2.61 bits per heavy atom. The predicted octanol–water partition coefficient (Wildman–Crippen LogP) is 4.26. The van der Waals surface area contributed by atoms with E-state index >= 15 is 0 Å². The second-order valence-corrected chi connectivity index (χ2v) is 10.9. The largest absolute Gasteiger partial charge is 0.411 e. The molecule has 2 heterocycles. The summed E-state index contributed by atoms with van der Waals surface area (Å²) in [5.74, 6) is 0.137. The Kier molecular flexibility index (Phi) is 7.16. The third-order valence-corrected chi connectivity index (χ3v) is 8.27. The Hall–Kier alpha value is -2.69. The third-order valence-electron chi connectivity index (χ3n) is 5.56. The normalized spacial score (nSPS) is 14.8. The predicted molar refractivity (Wildman–Crippen MR) is 128 cm³/mol. The number of hydrogen-bond acceptors (Lipinski definition) is 7. The van der Waals surface area contributed by atoms with E-state index in [1.807, 2.05) is 32.0 Å². The van der Waals surface area contributed by atoms with Gasteiger partial charge in [-0.05, 0) is 68.1 Å². The van der Waals surface area contributed by atoms with Crippen LogP contribution in [-0.2, 0) is 14.8 Å². The van der Waals surface area contributed by atoms with Gasteiger partial charge in [-0.2, -0.15) is 4.31 Å². The second-order valence-electron chi connectivity index (χ2n) is 8.00. The molecule has 3 aromatic rings. The van der Waals surface area contributed by atoms with Crippen molar-refractivity contribution in [3.8, 4) is 11.5 Å². The fourth-order valence-electron chi connectivity index (χ4n) is 3.57. The van der Waals surface area contributed by atoms with E-state index in [4.69, 9.17) is 4.42 Å². The van der Waals surface area contributed by atoms with Crippen LogP contribution >= 0.6 is 11.8 Å². The zero-order valence-corrected chi connectivity index (χ0v) is 20.2. The molecule has 0 saturated carbocycles. The van der Waals surface area contributed by atoms with Crippen molar-refractivity contribution in [2.45, 2.75) is 43.2 Å². The second kappa shape index (κ2) is 10.1. The Balaban J connectivity index is 1.40. The average Bonchev–Trinajstić information content (AvgIpc) is 3.30. The van der Waals surface area contributed by atoms with Gasteiger partial charge in [0.15, 0.2) is 0 Å². The van der Waals surface area contributed by atoms with Crippen LogP contribution in [0.25, 0.3) is 11.5 Å². The van der Waals surface area contributed by atoms with Gasteiger partial charge in [-0.1, -0.05) is 30.3 Å². The standard InChI is InChI=1S/C23H26N4O4S2/c1-16-9-10-19(13-17(16)2)24-21(28)15-32-23-26-25-22(31-23)18-7-6-8-20(14-18)33(29,30)27-11-4-3-5-12-27/h6-10,13-14H,3-5,11-12,15H2,1-2H3,(H,24,28). The Bertz CT molecular complexity index is 1250. The van der Waals surface area contributed by atoms with E-state index in [-0.39, 0.29) is 27.7 Å². The van der Waals surface area contributed by atoms with Crippen molar-refractivity contribution in [2.75, 3.05) is 24.2 Å². The molecule has 0 aliphatic carbocycles. The Morgan fingerprint density at radius 1 is 1.06 bits per heavy atom. The quantitative estimate of drug-likeness (QED) is 0.498. The molecule has 1 fully saturated rings. The van der Waals surface area contributed by atoms with Gasteiger partial charge in [0.05, 0.1) is 10.6 Å². The first-order valence-electron chi connectivity index (χ1n) is 10.8. The van der Waals surface area contributed by atoms with E-state index in [2.05, 4.69) is 15.5 Å². The van der Waals surface area contributed by atoms with Crippen LogP contribution in [-0.4, -0.2) is 47.7 Å². The first-order valence-corrected chi connectivity index (χ1v) is 13.2. The van der Waals surface area contributed by atoms with Gasteiger partial charge in [0, 0.05) is 24.3 Å². The summed E-state index contributed by atoms with van der Waals surface area (Å²) < 4.78 is 33.1. The highest BCUT2D eigenvalue weighted by Gasteiger charge is 2.26. The lowest BCUT2D eigenvalue weighted by molar-refractivity contribution is -0.113. The molecule has 1 aliphatic rings. The number of sulfonamides is 1. The molecule has 0 bridgehead atoms. The number of carbonyl (C=O) groups excluding carboxylic acids is 1. The summed E-state index contributed by atoms with van der Waals surface area (Å²) in [5, 5.41) is 11.1. The first-order chi connectivity index (χ1) is 15.8. The summed E-state index contributed by atoms with van der Waals surface area (Å²) in [4.78, 5) is 12.5. The molecular weight excluding hydrogens is 460 g/mol. The zero-order valence-electron chi connectivity index (χ0n) is 18.6. The van der Waals surface area contributed by atoms with Crippen molar-refractivity contribution in [2.24, 2.45) is 0 Å². The summed E-state index contributed by atoms with van der Waals surface area (Å²) in [6.07, 6.45) is 2.80. The van der Waals surface area contributed by atoms with Gasteiger partial charge in [-0.3, -0.25) is 4.79 Å². The number of aromatic nitrogens is 2. The molecule has 0 unspecified atom stereocenters. The minimum absolute atomic E-state index is 0.109. The van der Waals surface area contributed by atoms with Crippen LogP contribution in [0.5, 0.6) is 0 Å². The number of rotatable bonds is 7. The minimum atomic E-state index is -3.56. The number of carbonyl (C=O) groups is 1. The molecule has 0 atom stereocenters. The number of hydrogen-bond donors (Lipinski definition) is 1. The number of benzene rings is 2. The molecule has 1 saturated heterocycles. The van der Waals surface area contributed by atoms with E-state index < -0.39 is 10.0 Å². The van der Waals surface area contributed by atoms with Crippen molar-refractivity contribution in [1.29, 1.82) is 0 Å². The summed E-state index contributed by atoms with van der Waals surface area (Å²) in [5.41, 5.74) is 3.52. The molecule has 2 aromatic carbocycles. The summed E-state index contributed by atoms with van der Waals surface area (Å²) in [6.45, 7) is 5.09. The van der Waals surface area contributed by atoms with Crippen molar-refractivity contribution < 1.29 is 17.6 Å². The van der Waals surface area contributed by atoms with E-state index in [0.29, 0.717) is 18.7 Å². The Morgan fingerprint density at radius 2 is 1.85 bits per heavy atom. The fourth-order valence-corrected chi connectivity index (χ4v) is 5.70. The lowest BCUT2D eigenvalue weighted by Crippen LogP contribution is -2.35. The lowest BCUT2D eigenvalue weighted by atomic mass is 10.1. The molecular formula is C23H26N4O4S2. The molecule has 0 spiro atoms. The molecule has 0 radical (unpaired) electrons. The van der Waals surface area contributed by atoms with Gasteiger partial charge >= 0.3 is 0 Å². The number of amides is 1. The molecule has 1 aliphatic heterocycles. The minimum Gasteiger partial charge on any atom is -0.411 e. The van der Waals surface area contributed by atoms with Crippen LogP contribution in [0.4, 0.5) is 5.69 Å². The molecule has 8 nitrogen and oxygen atoms in total. The van der Waals surface area contributed by atoms with Crippen molar-refractivity contribution in [3.63, 3.8) is 0 Å². The number of nitrogens with zero attached hydrogens (tertiary/aromatic N) is 3. The van der Waals surface area contributed by atoms with Gasteiger partial charge in [-0.25, -0.2) is 8.42 Å². The smallest absolute Gasteiger partial charge is 0.277 e. The number of thioether (sulfide) groups is 1. The van der Waals surface area contributed by atoms with Crippen LogP contribution in [0.15, 0.2) is 57.0 Å². The van der Waals surface area contributed by atoms with Gasteiger partial charge in [-0.15, -0.1) is 10.2 Å². The fraction of sp³-hybridized carbons (Fsp3) is 0.348. The number of anilines is 1. The van der Waals surface area contributed by atoms with Gasteiger partial charge in [0.1, 0.15) is 0 Å². The molecule has 33 heavy (non-hydrogen) atoms.